The van der Waals surface area contributed by atoms with Crippen molar-refractivity contribution in [3.8, 4) is 0 Å². The van der Waals surface area contributed by atoms with Gasteiger partial charge in [0.25, 0.3) is 11.8 Å². The Kier molecular flexibility index (Phi) is 5.88. The van der Waals surface area contributed by atoms with E-state index >= 15 is 0 Å². The van der Waals surface area contributed by atoms with Crippen LogP contribution in [0.15, 0.2) is 28.2 Å². The molecule has 0 aliphatic carbocycles. The van der Waals surface area contributed by atoms with Crippen molar-refractivity contribution in [3.05, 3.63) is 39.8 Å². The van der Waals surface area contributed by atoms with Gasteiger partial charge in [-0.3, -0.25) is 9.59 Å². The Hall–Kier alpha value is -2.85. The van der Waals surface area contributed by atoms with Crippen LogP contribution in [0.2, 0.25) is 0 Å². The summed E-state index contributed by atoms with van der Waals surface area (Å²) in [6, 6.07) is 5.36. The zero-order valence-electron chi connectivity index (χ0n) is 17.9. The highest BCUT2D eigenvalue weighted by atomic mass is 32.1. The van der Waals surface area contributed by atoms with Gasteiger partial charge in [-0.25, -0.2) is 9.61 Å². The number of likely N-dealkylation sites (tertiary alicyclic amines) is 2. The first kappa shape index (κ1) is 21.0. The average molecular weight is 456 g/mol. The highest BCUT2D eigenvalue weighted by Gasteiger charge is 2.32. The number of ether oxygens (including phenoxy) is 1. The van der Waals surface area contributed by atoms with Crippen LogP contribution in [0.4, 0.5) is 0 Å². The van der Waals surface area contributed by atoms with Crippen LogP contribution in [-0.2, 0) is 4.74 Å². The first-order valence-corrected chi connectivity index (χ1v) is 11.8. The fourth-order valence-corrected chi connectivity index (χ4v) is 5.58. The van der Waals surface area contributed by atoms with Gasteiger partial charge in [0.1, 0.15) is 16.7 Å². The highest BCUT2D eigenvalue weighted by molar-refractivity contribution is 7.09. The third-order valence-electron chi connectivity index (χ3n) is 6.37. The zero-order chi connectivity index (χ0) is 22.1. The molecule has 9 nitrogen and oxygen atoms in total. The number of amides is 2. The second-order valence-electron chi connectivity index (χ2n) is 8.36. The molecule has 5 rings (SSSR count). The van der Waals surface area contributed by atoms with Crippen molar-refractivity contribution in [3.63, 3.8) is 0 Å². The summed E-state index contributed by atoms with van der Waals surface area (Å²) in [5, 5.41) is 10.5. The van der Waals surface area contributed by atoms with E-state index in [0.29, 0.717) is 42.0 Å². The van der Waals surface area contributed by atoms with Gasteiger partial charge in [-0.05, 0) is 54.2 Å². The lowest BCUT2D eigenvalue weighted by Crippen LogP contribution is -2.38. The predicted molar refractivity (Wildman–Crippen MR) is 118 cm³/mol. The van der Waals surface area contributed by atoms with E-state index in [0.717, 1.165) is 37.2 Å². The van der Waals surface area contributed by atoms with Crippen molar-refractivity contribution in [1.29, 1.82) is 0 Å². The van der Waals surface area contributed by atoms with Gasteiger partial charge in [0.15, 0.2) is 0 Å². The minimum Gasteiger partial charge on any atom is -0.383 e. The van der Waals surface area contributed by atoms with E-state index in [9.17, 15) is 9.59 Å². The number of benzene rings is 1. The fourth-order valence-electron chi connectivity index (χ4n) is 4.62. The maximum Gasteiger partial charge on any atom is 0.273 e. The van der Waals surface area contributed by atoms with Gasteiger partial charge in [0.2, 0.25) is 0 Å². The largest absolute Gasteiger partial charge is 0.383 e. The Morgan fingerprint density at radius 3 is 2.75 bits per heavy atom. The SMILES string of the molecule is COCC1CCCN1C(=O)c1csc(C2CCN(C(=O)c3ccc4nonc4c3)CC2)n1. The average Bonchev–Trinajstić information content (AvgIpc) is 3.58. The van der Waals surface area contributed by atoms with E-state index in [1.807, 2.05) is 15.2 Å². The van der Waals surface area contributed by atoms with Crippen LogP contribution in [0.5, 0.6) is 0 Å². The summed E-state index contributed by atoms with van der Waals surface area (Å²) >= 11 is 1.55. The minimum atomic E-state index is -0.0124. The smallest absolute Gasteiger partial charge is 0.273 e. The quantitative estimate of drug-likeness (QED) is 0.583. The summed E-state index contributed by atoms with van der Waals surface area (Å²) in [5.41, 5.74) is 2.33. The van der Waals surface area contributed by atoms with Crippen LogP contribution in [0.3, 0.4) is 0 Å². The second-order valence-corrected chi connectivity index (χ2v) is 9.24. The zero-order valence-corrected chi connectivity index (χ0v) is 18.7. The van der Waals surface area contributed by atoms with Crippen LogP contribution >= 0.6 is 11.3 Å². The Balaban J connectivity index is 1.21. The molecule has 1 atom stereocenters. The molecule has 2 aliphatic heterocycles. The molecule has 2 fully saturated rings. The van der Waals surface area contributed by atoms with Gasteiger partial charge in [-0.2, -0.15) is 0 Å². The molecule has 168 valence electrons. The number of piperidine rings is 1. The van der Waals surface area contributed by atoms with Crippen LogP contribution < -0.4 is 0 Å². The Labute approximate surface area is 189 Å². The van der Waals surface area contributed by atoms with Crippen molar-refractivity contribution in [2.24, 2.45) is 0 Å². The third kappa shape index (κ3) is 4.00. The first-order chi connectivity index (χ1) is 15.6. The number of carbonyl (C=O) groups is 2. The van der Waals surface area contributed by atoms with Gasteiger partial charge < -0.3 is 14.5 Å². The monoisotopic (exact) mass is 455 g/mol. The molecular weight excluding hydrogens is 430 g/mol. The van der Waals surface area contributed by atoms with Crippen LogP contribution in [0.25, 0.3) is 11.0 Å². The standard InChI is InChI=1S/C22H25N5O4S/c1-30-12-16-3-2-8-27(16)22(29)19-13-32-20(23-19)14-6-9-26(10-7-14)21(28)15-4-5-17-18(11-15)25-31-24-17/h4-5,11,13-14,16H,2-3,6-10,12H2,1H3. The van der Waals surface area contributed by atoms with E-state index in [1.54, 1.807) is 36.6 Å². The maximum atomic E-state index is 12.9. The summed E-state index contributed by atoms with van der Waals surface area (Å²) in [6.07, 6.45) is 3.64. The van der Waals surface area contributed by atoms with Gasteiger partial charge in [0, 0.05) is 43.6 Å². The van der Waals surface area contributed by atoms with Crippen molar-refractivity contribution in [2.45, 2.75) is 37.6 Å². The lowest BCUT2D eigenvalue weighted by atomic mass is 9.97. The fraction of sp³-hybridized carbons (Fsp3) is 0.500. The molecule has 1 aromatic carbocycles. The molecule has 3 aromatic rings. The molecule has 10 heteroatoms. The van der Waals surface area contributed by atoms with Crippen molar-refractivity contribution < 1.29 is 19.0 Å². The number of aromatic nitrogens is 3. The van der Waals surface area contributed by atoms with Gasteiger partial charge >= 0.3 is 0 Å². The molecule has 32 heavy (non-hydrogen) atoms. The third-order valence-corrected chi connectivity index (χ3v) is 7.38. The molecule has 4 heterocycles. The summed E-state index contributed by atoms with van der Waals surface area (Å²) in [4.78, 5) is 34.3. The topological polar surface area (TPSA) is 102 Å². The Morgan fingerprint density at radius 1 is 1.12 bits per heavy atom. The predicted octanol–water partition coefficient (Wildman–Crippen LogP) is 2.95. The second kappa shape index (κ2) is 8.95. The van der Waals surface area contributed by atoms with Gasteiger partial charge in [-0.1, -0.05) is 0 Å². The summed E-state index contributed by atoms with van der Waals surface area (Å²) in [7, 11) is 1.67. The van der Waals surface area contributed by atoms with E-state index in [2.05, 4.69) is 15.3 Å². The highest BCUT2D eigenvalue weighted by Crippen LogP contribution is 2.32. The van der Waals surface area contributed by atoms with Crippen molar-refractivity contribution in [1.82, 2.24) is 25.1 Å². The van der Waals surface area contributed by atoms with Crippen molar-refractivity contribution in [2.75, 3.05) is 33.4 Å². The number of hydrogen-bond acceptors (Lipinski definition) is 8. The molecule has 2 aromatic heterocycles. The molecule has 0 radical (unpaired) electrons. The van der Waals surface area contributed by atoms with E-state index in [-0.39, 0.29) is 23.8 Å². The molecule has 0 spiro atoms. The molecule has 2 aliphatic rings. The number of rotatable bonds is 5. The summed E-state index contributed by atoms with van der Waals surface area (Å²) in [6.45, 7) is 2.64. The summed E-state index contributed by atoms with van der Waals surface area (Å²) < 4.78 is 9.98. The number of methoxy groups -OCH3 is 1. The molecule has 2 saturated heterocycles. The van der Waals surface area contributed by atoms with Gasteiger partial charge in [0.05, 0.1) is 17.7 Å². The minimum absolute atomic E-state index is 0.00241. The number of nitrogens with zero attached hydrogens (tertiary/aromatic N) is 5. The van der Waals surface area contributed by atoms with Crippen molar-refractivity contribution >= 4 is 34.2 Å². The first-order valence-electron chi connectivity index (χ1n) is 10.9. The number of hydrogen-bond donors (Lipinski definition) is 0. The van der Waals surface area contributed by atoms with E-state index in [1.165, 1.54) is 0 Å². The maximum absolute atomic E-state index is 12.9. The number of thiazole rings is 1. The normalized spacial score (nSPS) is 19.7. The number of fused-ring (bicyclic) bond motifs is 1. The molecule has 0 bridgehead atoms. The lowest BCUT2D eigenvalue weighted by molar-refractivity contribution is 0.0625. The lowest BCUT2D eigenvalue weighted by Gasteiger charge is -2.31. The molecule has 0 saturated carbocycles. The molecule has 1 unspecified atom stereocenters. The molecular formula is C22H25N5O4S. The Bertz CT molecular complexity index is 1120. The van der Waals surface area contributed by atoms with Crippen LogP contribution in [-0.4, -0.2) is 76.3 Å². The molecule has 2 amide bonds. The van der Waals surface area contributed by atoms with E-state index in [4.69, 9.17) is 9.37 Å². The van der Waals surface area contributed by atoms with Crippen LogP contribution in [0, 0.1) is 0 Å². The molecule has 0 N–H and O–H groups in total. The van der Waals surface area contributed by atoms with E-state index < -0.39 is 0 Å². The number of carbonyl (C=O) groups excluding carboxylic acids is 2. The summed E-state index contributed by atoms with van der Waals surface area (Å²) in [5.74, 6) is 0.250. The Morgan fingerprint density at radius 2 is 1.94 bits per heavy atom. The van der Waals surface area contributed by atoms with Gasteiger partial charge in [-0.15, -0.1) is 11.3 Å². The van der Waals surface area contributed by atoms with Crippen LogP contribution in [0.1, 0.15) is 57.5 Å².